The van der Waals surface area contributed by atoms with Crippen LogP contribution in [0, 0.1) is 0 Å². The van der Waals surface area contributed by atoms with Crippen molar-refractivity contribution in [2.24, 2.45) is 0 Å². The molecule has 10 heteroatoms. The Morgan fingerprint density at radius 1 is 0.900 bits per heavy atom. The summed E-state index contributed by atoms with van der Waals surface area (Å²) in [6, 6.07) is 0. The second-order valence-electron chi connectivity index (χ2n) is 0.924. The van der Waals surface area contributed by atoms with E-state index in [9.17, 15) is 15.2 Å². The van der Waals surface area contributed by atoms with E-state index in [1.807, 2.05) is 0 Å². The molecule has 0 fully saturated rings. The van der Waals surface area contributed by atoms with Gasteiger partial charge in [-0.3, -0.25) is 0 Å². The first-order valence-electron chi connectivity index (χ1n) is 1.37. The summed E-state index contributed by atoms with van der Waals surface area (Å²) in [5.74, 6) is 0. The van der Waals surface area contributed by atoms with Gasteiger partial charge in [-0.1, -0.05) is 0 Å². The molecule has 7 nitrogen and oxygen atoms in total. The molecule has 57 valence electrons. The van der Waals surface area contributed by atoms with Gasteiger partial charge in [0.1, 0.15) is 0 Å². The van der Waals surface area contributed by atoms with Crippen LogP contribution in [0.4, 0.5) is 0 Å². The summed E-state index contributed by atoms with van der Waals surface area (Å²) in [6.07, 6.45) is 0. The zero-order valence-corrected chi connectivity index (χ0v) is 9.30. The van der Waals surface area contributed by atoms with Gasteiger partial charge < -0.3 is 0 Å². The molecule has 0 unspecified atom stereocenters. The van der Waals surface area contributed by atoms with E-state index in [-0.39, 0.29) is 29.6 Å². The van der Waals surface area contributed by atoms with Crippen LogP contribution < -0.4 is 0 Å². The van der Waals surface area contributed by atoms with E-state index in [0.29, 0.717) is 0 Å². The minimum absolute atomic E-state index is 0. The molecule has 0 aliphatic rings. The van der Waals surface area contributed by atoms with Crippen LogP contribution >= 0.6 is 0 Å². The van der Waals surface area contributed by atoms with E-state index in [1.165, 1.54) is 0 Å². The summed E-state index contributed by atoms with van der Waals surface area (Å²) in [5, 5.41) is 0. The second-order valence-corrected chi connectivity index (χ2v) is 4.68. The van der Waals surface area contributed by atoms with Gasteiger partial charge in [0.25, 0.3) is 0 Å². The molecule has 0 atom stereocenters. The third kappa shape index (κ3) is 11.9. The first-order valence-corrected chi connectivity index (χ1v) is 5.63. The quantitative estimate of drug-likeness (QED) is 0.534. The maximum atomic E-state index is 9.53. The van der Waals surface area contributed by atoms with Crippen molar-refractivity contribution in [3.8, 4) is 0 Å². The van der Waals surface area contributed by atoms with Gasteiger partial charge >= 0.3 is 53.6 Å². The summed E-state index contributed by atoms with van der Waals surface area (Å²) in [6.45, 7) is 0. The van der Waals surface area contributed by atoms with E-state index in [2.05, 4.69) is 2.84 Å². The molecule has 0 aromatic heterocycles. The monoisotopic (exact) mass is 241 g/mol. The summed E-state index contributed by atoms with van der Waals surface area (Å²) < 4.78 is 56.3. The van der Waals surface area contributed by atoms with Crippen LogP contribution in [0.1, 0.15) is 0 Å². The minimum atomic E-state index is -5.76. The Kier molecular flexibility index (Phi) is 5.82. The Labute approximate surface area is 82.4 Å². The van der Waals surface area contributed by atoms with E-state index in [4.69, 9.17) is 8.32 Å². The molecule has 0 aliphatic carbocycles. The molecule has 10 heavy (non-hydrogen) atoms. The van der Waals surface area contributed by atoms with Gasteiger partial charge in [-0.2, -0.15) is 0 Å². The topological polar surface area (TPSA) is 118 Å². The van der Waals surface area contributed by atoms with Gasteiger partial charge in [-0.05, 0) is 0 Å². The van der Waals surface area contributed by atoms with Gasteiger partial charge in [0.2, 0.25) is 0 Å². The fourth-order valence-electron chi connectivity index (χ4n) is 0.109. The van der Waals surface area contributed by atoms with Crippen molar-refractivity contribution >= 4 is 29.6 Å². The molecule has 0 aromatic carbocycles. The summed E-state index contributed by atoms with van der Waals surface area (Å²) in [5.41, 5.74) is 0. The molecule has 0 aliphatic heterocycles. The Bertz CT molecular complexity index is 237. The van der Waals surface area contributed by atoms with Gasteiger partial charge in [-0.25, -0.2) is 0 Å². The van der Waals surface area contributed by atoms with Crippen LogP contribution in [-0.4, -0.2) is 37.9 Å². The molecule has 0 amide bonds. The zero-order valence-electron chi connectivity index (χ0n) is 4.75. The van der Waals surface area contributed by atoms with Crippen LogP contribution in [0.3, 0.4) is 0 Å². The van der Waals surface area contributed by atoms with Gasteiger partial charge in [0, 0.05) is 29.6 Å². The van der Waals surface area contributed by atoms with E-state index in [0.717, 1.165) is 0 Å². The Balaban J connectivity index is 0. The van der Waals surface area contributed by atoms with Crippen LogP contribution in [0.25, 0.3) is 0 Å². The summed E-state index contributed by atoms with van der Waals surface area (Å²) in [4.78, 5) is 0. The molecule has 0 spiro atoms. The van der Waals surface area contributed by atoms with E-state index >= 15 is 0 Å². The molecule has 0 saturated carbocycles. The standard InChI is InChI=1S/2Cr.Na.2H2O.5O/h;;;2*1H2;;;;;/q2*+1;;;;;;;;/p-2. The van der Waals surface area contributed by atoms with Crippen molar-refractivity contribution in [2.45, 2.75) is 0 Å². The normalized spacial score (nSPS) is 12.2. The third-order valence-electron chi connectivity index (χ3n) is 0.172. The van der Waals surface area contributed by atoms with Crippen molar-refractivity contribution in [3.05, 3.63) is 0 Å². The molecule has 0 bridgehead atoms. The number of hydrogen-bond acceptors (Lipinski definition) is 5. The average Bonchev–Trinajstić information content (AvgIpc) is 1.14. The van der Waals surface area contributed by atoms with Crippen molar-refractivity contribution in [1.82, 2.24) is 0 Å². The van der Waals surface area contributed by atoms with Crippen LogP contribution in [-0.2, 0) is 45.3 Å². The molecule has 1 radical (unpaired) electrons. The van der Waals surface area contributed by atoms with Crippen molar-refractivity contribution in [3.63, 3.8) is 0 Å². The van der Waals surface area contributed by atoms with Gasteiger partial charge in [0.15, 0.2) is 0 Å². The third-order valence-corrected chi connectivity index (χ3v) is 2.92. The Hall–Kier alpha value is 1.14. The predicted octanol–water partition coefficient (Wildman–Crippen LogP) is -2.04. The summed E-state index contributed by atoms with van der Waals surface area (Å²) in [7, 11) is 0. The Morgan fingerprint density at radius 2 is 1.10 bits per heavy atom. The fraction of sp³-hybridized carbons (Fsp3) is 0. The van der Waals surface area contributed by atoms with Crippen LogP contribution in [0.5, 0.6) is 0 Å². The van der Waals surface area contributed by atoms with Crippen molar-refractivity contribution in [1.29, 1.82) is 0 Å². The maximum absolute atomic E-state index is 9.53. The van der Waals surface area contributed by atoms with Crippen LogP contribution in [0.2, 0.25) is 0 Å². The van der Waals surface area contributed by atoms with E-state index in [1.54, 1.807) is 0 Å². The molecule has 0 heterocycles. The van der Waals surface area contributed by atoms with Gasteiger partial charge in [0.05, 0.1) is 0 Å². The van der Waals surface area contributed by atoms with Gasteiger partial charge in [-0.15, -0.1) is 0 Å². The first-order chi connectivity index (χ1) is 3.71. The first kappa shape index (κ1) is 13.7. The van der Waals surface area contributed by atoms with Crippen molar-refractivity contribution < 1.29 is 53.6 Å². The molecule has 0 saturated heterocycles. The molecule has 2 N–H and O–H groups in total. The number of rotatable bonds is 2. The predicted molar refractivity (Wildman–Crippen MR) is 14.0 cm³/mol. The Morgan fingerprint density at radius 3 is 1.10 bits per heavy atom. The number of hydrogen-bond donors (Lipinski definition) is 2. The molecular weight excluding hydrogens is 239 g/mol. The molecular formula is H2Cr2NaO7. The second kappa shape index (κ2) is 4.24. The molecule has 0 rings (SSSR count). The van der Waals surface area contributed by atoms with Crippen LogP contribution in [0.15, 0.2) is 0 Å². The SMILES string of the molecule is [Na].[O]=[Cr](=[O])([OH])[O][Cr](=[O])(=[O])[OH]. The molecule has 0 aromatic rings. The average molecular weight is 241 g/mol. The van der Waals surface area contributed by atoms with Crippen molar-refractivity contribution in [2.75, 3.05) is 0 Å². The van der Waals surface area contributed by atoms with E-state index < -0.39 is 27.2 Å². The fourth-order valence-corrected chi connectivity index (χ4v) is 1.85. The zero-order chi connectivity index (χ0) is 7.71. The summed E-state index contributed by atoms with van der Waals surface area (Å²) >= 11 is -11.5.